The van der Waals surface area contributed by atoms with Crippen LogP contribution in [0.1, 0.15) is 47.9 Å². The molecule has 230 valence electrons. The van der Waals surface area contributed by atoms with E-state index in [4.69, 9.17) is 18.2 Å². The third kappa shape index (κ3) is 8.98. The SMILES string of the molecule is C=Cc1c(/C=C/O)oc2cc(=O)ccc-2c1-c1cc(C(=O)NCCCCC(CO)COP(C)(=O)OC)ccc1OC(C)=O. The molecule has 1 aromatic rings. The molecule has 0 spiro atoms. The molecule has 1 aliphatic carbocycles. The lowest BCUT2D eigenvalue weighted by Gasteiger charge is -2.19. The Bertz CT molecular complexity index is 1560. The van der Waals surface area contributed by atoms with E-state index >= 15 is 0 Å². The predicted molar refractivity (Wildman–Crippen MR) is 163 cm³/mol. The van der Waals surface area contributed by atoms with E-state index in [1.54, 1.807) is 12.1 Å². The van der Waals surface area contributed by atoms with Crippen LogP contribution in [-0.2, 0) is 18.4 Å². The highest BCUT2D eigenvalue weighted by Gasteiger charge is 2.24. The highest BCUT2D eigenvalue weighted by atomic mass is 31.2. The Hall–Kier alpha value is -4.02. The zero-order valence-electron chi connectivity index (χ0n) is 24.3. The van der Waals surface area contributed by atoms with E-state index in [1.807, 2.05) is 0 Å². The second-order valence-electron chi connectivity index (χ2n) is 9.79. The number of hydrogen-bond donors (Lipinski definition) is 3. The van der Waals surface area contributed by atoms with Gasteiger partial charge in [0.15, 0.2) is 5.43 Å². The number of amides is 1. The molecular formula is C31H36NO10P. The van der Waals surface area contributed by atoms with E-state index in [-0.39, 0.29) is 53.3 Å². The minimum absolute atomic E-state index is 0.0992. The van der Waals surface area contributed by atoms with Crippen LogP contribution in [0.3, 0.4) is 0 Å². The van der Waals surface area contributed by atoms with Crippen molar-refractivity contribution in [2.45, 2.75) is 26.2 Å². The standard InChI is InChI=1S/C31H36NO10P/c1-5-24-28(13-15-33)42-29-17-23(36)10-11-25(29)30(24)26-16-22(9-12-27(26)41-20(2)35)31(37)32-14-7-6-8-21(18-34)19-40-43(4,38)39-3/h5,9-13,15-17,21,33-34H,1,6-8,14,18-19H2,2-4H3,(H,32,37)/b15-13+. The van der Waals surface area contributed by atoms with Crippen LogP contribution in [0.2, 0.25) is 0 Å². The van der Waals surface area contributed by atoms with Gasteiger partial charge in [-0.05, 0) is 43.2 Å². The average Bonchev–Trinajstić information content (AvgIpc) is 2.97. The van der Waals surface area contributed by atoms with E-state index in [2.05, 4.69) is 11.9 Å². The quantitative estimate of drug-likeness (QED) is 0.0656. The highest BCUT2D eigenvalue weighted by molar-refractivity contribution is 7.52. The molecule has 0 radical (unpaired) electrons. The number of unbranched alkanes of at least 4 members (excludes halogenated alkanes) is 1. The molecule has 1 aliphatic heterocycles. The summed E-state index contributed by atoms with van der Waals surface area (Å²) in [4.78, 5) is 37.2. The largest absolute Gasteiger partial charge is 0.515 e. The third-order valence-electron chi connectivity index (χ3n) is 6.63. The molecule has 1 aromatic carbocycles. The topological polar surface area (TPSA) is 162 Å². The van der Waals surface area contributed by atoms with Crippen molar-refractivity contribution >= 4 is 31.6 Å². The van der Waals surface area contributed by atoms with Gasteiger partial charge in [0.1, 0.15) is 17.3 Å². The molecule has 0 bridgehead atoms. The van der Waals surface area contributed by atoms with E-state index in [0.717, 1.165) is 6.26 Å². The lowest BCUT2D eigenvalue weighted by Crippen LogP contribution is -2.25. The minimum atomic E-state index is -3.13. The predicted octanol–water partition coefficient (Wildman–Crippen LogP) is 5.50. The number of carbonyl (C=O) groups is 2. The first-order valence-electron chi connectivity index (χ1n) is 13.6. The normalized spacial score (nSPS) is 13.5. The fourth-order valence-corrected chi connectivity index (χ4v) is 5.00. The Kier molecular flexibility index (Phi) is 12.0. The number of aliphatic hydroxyl groups excluding tert-OH is 2. The molecule has 11 nitrogen and oxygen atoms in total. The van der Waals surface area contributed by atoms with Gasteiger partial charge in [-0.1, -0.05) is 19.1 Å². The van der Waals surface area contributed by atoms with Crippen LogP contribution < -0.4 is 15.5 Å². The Labute approximate surface area is 249 Å². The first-order chi connectivity index (χ1) is 20.5. The summed E-state index contributed by atoms with van der Waals surface area (Å²) >= 11 is 0. The number of hydrogen-bond acceptors (Lipinski definition) is 10. The van der Waals surface area contributed by atoms with E-state index in [1.165, 1.54) is 57.1 Å². The van der Waals surface area contributed by atoms with Gasteiger partial charge in [0.05, 0.1) is 12.9 Å². The van der Waals surface area contributed by atoms with Crippen molar-refractivity contribution in [2.24, 2.45) is 5.92 Å². The molecule has 43 heavy (non-hydrogen) atoms. The molecular weight excluding hydrogens is 577 g/mol. The van der Waals surface area contributed by atoms with Crippen molar-refractivity contribution in [1.29, 1.82) is 0 Å². The second kappa shape index (κ2) is 15.5. The number of benzene rings is 2. The average molecular weight is 614 g/mol. The fourth-order valence-electron chi connectivity index (χ4n) is 4.41. The number of nitrogens with one attached hydrogen (secondary N) is 1. The molecule has 2 aliphatic rings. The summed E-state index contributed by atoms with van der Waals surface area (Å²) in [5.41, 5.74) is 1.79. The van der Waals surface area contributed by atoms with Crippen molar-refractivity contribution < 1.29 is 42.6 Å². The number of esters is 1. The minimum Gasteiger partial charge on any atom is -0.515 e. The number of fused-ring (bicyclic) bond motifs is 1. The first-order valence-corrected chi connectivity index (χ1v) is 15.6. The lowest BCUT2D eigenvalue weighted by atomic mass is 9.90. The van der Waals surface area contributed by atoms with Gasteiger partial charge in [0, 0.05) is 79.7 Å². The van der Waals surface area contributed by atoms with Crippen LogP contribution in [0, 0.1) is 5.92 Å². The third-order valence-corrected chi connectivity index (χ3v) is 7.91. The second-order valence-corrected chi connectivity index (χ2v) is 12.0. The van der Waals surface area contributed by atoms with Crippen molar-refractivity contribution in [3.05, 3.63) is 76.3 Å². The Morgan fingerprint density at radius 1 is 1.16 bits per heavy atom. The van der Waals surface area contributed by atoms with Gasteiger partial charge in [-0.2, -0.15) is 0 Å². The van der Waals surface area contributed by atoms with Crippen LogP contribution in [0.15, 0.2) is 58.5 Å². The molecule has 2 atom stereocenters. The number of aliphatic hydroxyl groups is 2. The van der Waals surface area contributed by atoms with E-state index in [0.29, 0.717) is 48.1 Å². The summed E-state index contributed by atoms with van der Waals surface area (Å²) in [6.45, 7) is 6.81. The summed E-state index contributed by atoms with van der Waals surface area (Å²) in [5.74, 6) is -0.564. The maximum atomic E-state index is 13.1. The Morgan fingerprint density at radius 2 is 1.93 bits per heavy atom. The molecule has 3 rings (SSSR count). The number of ether oxygens (including phenoxy) is 1. The number of carbonyl (C=O) groups excluding carboxylic acids is 2. The Morgan fingerprint density at radius 3 is 2.58 bits per heavy atom. The molecule has 0 aromatic heterocycles. The summed E-state index contributed by atoms with van der Waals surface area (Å²) < 4.78 is 33.3. The van der Waals surface area contributed by atoms with Gasteiger partial charge in [-0.25, -0.2) is 0 Å². The molecule has 0 fully saturated rings. The van der Waals surface area contributed by atoms with Gasteiger partial charge < -0.3 is 33.7 Å². The smallest absolute Gasteiger partial charge is 0.327 e. The molecule has 3 N–H and O–H groups in total. The molecule has 1 amide bonds. The van der Waals surface area contributed by atoms with E-state index in [9.17, 15) is 29.2 Å². The zero-order valence-corrected chi connectivity index (χ0v) is 25.2. The van der Waals surface area contributed by atoms with Gasteiger partial charge in [-0.15, -0.1) is 0 Å². The molecule has 0 saturated carbocycles. The summed E-state index contributed by atoms with van der Waals surface area (Å²) in [6, 6.07) is 8.85. The molecule has 1 heterocycles. The Balaban J connectivity index is 1.86. The van der Waals surface area contributed by atoms with Crippen LogP contribution >= 0.6 is 7.60 Å². The van der Waals surface area contributed by atoms with Gasteiger partial charge in [-0.3, -0.25) is 18.9 Å². The fraction of sp³-hybridized carbons (Fsp3) is 0.323. The van der Waals surface area contributed by atoms with Crippen molar-refractivity contribution in [1.82, 2.24) is 5.32 Å². The van der Waals surface area contributed by atoms with Crippen LogP contribution in [0.5, 0.6) is 5.75 Å². The molecule has 12 heteroatoms. The maximum absolute atomic E-state index is 13.1. The van der Waals surface area contributed by atoms with Crippen LogP contribution in [0.25, 0.3) is 34.6 Å². The van der Waals surface area contributed by atoms with Crippen LogP contribution in [0.4, 0.5) is 0 Å². The summed E-state index contributed by atoms with van der Waals surface area (Å²) in [6.07, 6.45) is 5.49. The first kappa shape index (κ1) is 33.5. The highest BCUT2D eigenvalue weighted by Crippen LogP contribution is 2.44. The van der Waals surface area contributed by atoms with Crippen molar-refractivity contribution in [3.8, 4) is 28.2 Å². The lowest BCUT2D eigenvalue weighted by molar-refractivity contribution is -0.131. The van der Waals surface area contributed by atoms with E-state index < -0.39 is 13.6 Å². The van der Waals surface area contributed by atoms with Crippen molar-refractivity contribution in [3.63, 3.8) is 0 Å². The summed E-state index contributed by atoms with van der Waals surface area (Å²) in [7, 11) is -1.83. The molecule has 0 saturated heterocycles. The van der Waals surface area contributed by atoms with Gasteiger partial charge in [0.25, 0.3) is 5.91 Å². The van der Waals surface area contributed by atoms with Gasteiger partial charge in [0.2, 0.25) is 0 Å². The number of rotatable bonds is 15. The maximum Gasteiger partial charge on any atom is 0.327 e. The summed E-state index contributed by atoms with van der Waals surface area (Å²) in [5, 5.41) is 21.9. The van der Waals surface area contributed by atoms with Crippen molar-refractivity contribution in [2.75, 3.05) is 33.5 Å². The van der Waals surface area contributed by atoms with Crippen LogP contribution in [-0.4, -0.2) is 55.6 Å². The van der Waals surface area contributed by atoms with Gasteiger partial charge >= 0.3 is 13.6 Å². The monoisotopic (exact) mass is 613 g/mol. The zero-order chi connectivity index (χ0) is 31.6. The molecule has 2 unspecified atom stereocenters.